The number of rotatable bonds is 36. The summed E-state index contributed by atoms with van der Waals surface area (Å²) < 4.78 is 11.2. The predicted molar refractivity (Wildman–Crippen MR) is 212 cm³/mol. The minimum Gasteiger partial charge on any atom is -0.394 e. The molecule has 308 valence electrons. The lowest BCUT2D eigenvalue weighted by Gasteiger charge is -2.40. The molecule has 0 spiro atoms. The molecule has 1 heterocycles. The highest BCUT2D eigenvalue weighted by Gasteiger charge is 2.44. The molecule has 0 radical (unpaired) electrons. The quantitative estimate of drug-likeness (QED) is 0.0277. The molecule has 1 amide bonds. The van der Waals surface area contributed by atoms with Crippen molar-refractivity contribution in [2.24, 2.45) is 0 Å². The standard InChI is InChI=1S/C43H83NO8/c1-3-5-7-9-11-13-15-17-18-19-20-21-23-25-27-29-31-33-39(47)44-36(35-51-43-42(50)41(49)40(48)38(34-45)52-43)37(46)32-30-28-26-24-22-16-14-12-10-8-6-4-2/h30,32,36-38,40-43,45-46,48-50H,3-29,31,33-35H2,1-2H3,(H,44,47)/b32-30+/t36-,37+,38+,40+,41-,42+,43+/m0/s1. The first-order valence-electron chi connectivity index (χ1n) is 21.9. The fourth-order valence-corrected chi connectivity index (χ4v) is 7.04. The Hall–Kier alpha value is -1.07. The molecule has 9 heteroatoms. The molecule has 1 aliphatic heterocycles. The number of hydrogen-bond donors (Lipinski definition) is 6. The van der Waals surface area contributed by atoms with Gasteiger partial charge < -0.3 is 40.3 Å². The topological polar surface area (TPSA) is 149 Å². The Morgan fingerprint density at radius 2 is 1.06 bits per heavy atom. The van der Waals surface area contributed by atoms with Crippen LogP contribution >= 0.6 is 0 Å². The van der Waals surface area contributed by atoms with E-state index in [4.69, 9.17) is 9.47 Å². The first-order valence-corrected chi connectivity index (χ1v) is 21.9. The number of hydrogen-bond acceptors (Lipinski definition) is 8. The maximum Gasteiger partial charge on any atom is 0.220 e. The fraction of sp³-hybridized carbons (Fsp3) is 0.930. The van der Waals surface area contributed by atoms with Crippen molar-refractivity contribution in [3.8, 4) is 0 Å². The Kier molecular flexibility index (Phi) is 32.4. The molecule has 1 rings (SSSR count). The van der Waals surface area contributed by atoms with E-state index < -0.39 is 49.5 Å². The van der Waals surface area contributed by atoms with Crippen LogP contribution in [0.3, 0.4) is 0 Å². The van der Waals surface area contributed by atoms with Crippen LogP contribution < -0.4 is 5.32 Å². The van der Waals surface area contributed by atoms with Crippen molar-refractivity contribution in [2.45, 2.75) is 243 Å². The normalized spacial score (nSPS) is 21.9. The average molecular weight is 742 g/mol. The van der Waals surface area contributed by atoms with Crippen LogP contribution in [0, 0.1) is 0 Å². The van der Waals surface area contributed by atoms with Gasteiger partial charge in [0.25, 0.3) is 0 Å². The van der Waals surface area contributed by atoms with Gasteiger partial charge in [-0.15, -0.1) is 0 Å². The fourth-order valence-electron chi connectivity index (χ4n) is 7.04. The van der Waals surface area contributed by atoms with Gasteiger partial charge in [0.05, 0.1) is 25.4 Å². The van der Waals surface area contributed by atoms with Crippen molar-refractivity contribution < 1.29 is 39.8 Å². The predicted octanol–water partition coefficient (Wildman–Crippen LogP) is 8.56. The van der Waals surface area contributed by atoms with Crippen LogP contribution in [0.25, 0.3) is 0 Å². The van der Waals surface area contributed by atoms with E-state index in [2.05, 4.69) is 19.2 Å². The van der Waals surface area contributed by atoms with Gasteiger partial charge in [-0.25, -0.2) is 0 Å². The summed E-state index contributed by atoms with van der Waals surface area (Å²) in [5, 5.41) is 54.0. The lowest BCUT2D eigenvalue weighted by Crippen LogP contribution is -2.60. The highest BCUT2D eigenvalue weighted by Crippen LogP contribution is 2.22. The van der Waals surface area contributed by atoms with Crippen molar-refractivity contribution >= 4 is 5.91 Å². The molecule has 9 nitrogen and oxygen atoms in total. The van der Waals surface area contributed by atoms with Crippen molar-refractivity contribution in [1.82, 2.24) is 5.32 Å². The van der Waals surface area contributed by atoms with Crippen LogP contribution in [-0.2, 0) is 14.3 Å². The second-order valence-corrected chi connectivity index (χ2v) is 15.5. The highest BCUT2D eigenvalue weighted by atomic mass is 16.7. The van der Waals surface area contributed by atoms with Crippen LogP contribution in [0.15, 0.2) is 12.2 Å². The highest BCUT2D eigenvalue weighted by molar-refractivity contribution is 5.76. The third-order valence-corrected chi connectivity index (χ3v) is 10.6. The SMILES string of the molecule is CCCCCCCCCCCC/C=C/[C@@H](O)[C@H](CO[C@@H]1O[C@H](CO)[C@@H](O)[C@H](O)[C@H]1O)NC(=O)CCCCCCCCCCCCCCCCCCC. The lowest BCUT2D eigenvalue weighted by molar-refractivity contribution is -0.302. The van der Waals surface area contributed by atoms with Gasteiger partial charge in [0.1, 0.15) is 24.4 Å². The van der Waals surface area contributed by atoms with E-state index in [-0.39, 0.29) is 12.5 Å². The molecule has 7 atom stereocenters. The van der Waals surface area contributed by atoms with Crippen LogP contribution in [-0.4, -0.2) is 87.5 Å². The summed E-state index contributed by atoms with van der Waals surface area (Å²) in [6.07, 6.45) is 31.1. The van der Waals surface area contributed by atoms with Crippen molar-refractivity contribution in [1.29, 1.82) is 0 Å². The number of carbonyl (C=O) groups excluding carboxylic acids is 1. The molecule has 1 saturated heterocycles. The van der Waals surface area contributed by atoms with Gasteiger partial charge in [0, 0.05) is 6.42 Å². The van der Waals surface area contributed by atoms with E-state index in [0.717, 1.165) is 38.5 Å². The molecule has 1 aliphatic rings. The van der Waals surface area contributed by atoms with E-state index in [9.17, 15) is 30.3 Å². The van der Waals surface area contributed by atoms with E-state index in [1.807, 2.05) is 6.08 Å². The molecule has 0 aromatic carbocycles. The number of amides is 1. The molecule has 0 unspecified atom stereocenters. The van der Waals surface area contributed by atoms with Crippen molar-refractivity contribution in [3.63, 3.8) is 0 Å². The summed E-state index contributed by atoms with van der Waals surface area (Å²) in [6, 6.07) is -0.797. The zero-order valence-corrected chi connectivity index (χ0v) is 33.6. The summed E-state index contributed by atoms with van der Waals surface area (Å²) in [5.41, 5.74) is 0. The second kappa shape index (κ2) is 34.4. The van der Waals surface area contributed by atoms with Gasteiger partial charge in [-0.05, 0) is 19.3 Å². The molecule has 0 aromatic rings. The average Bonchev–Trinajstić information content (AvgIpc) is 3.14. The van der Waals surface area contributed by atoms with E-state index in [0.29, 0.717) is 6.42 Å². The smallest absolute Gasteiger partial charge is 0.220 e. The number of aliphatic hydroxyl groups excluding tert-OH is 5. The number of nitrogens with one attached hydrogen (secondary N) is 1. The van der Waals surface area contributed by atoms with Gasteiger partial charge in [-0.3, -0.25) is 4.79 Å². The maximum atomic E-state index is 12.9. The first kappa shape index (κ1) is 48.9. The molecule has 1 fully saturated rings. The molecular formula is C43H83NO8. The Morgan fingerprint density at radius 3 is 1.50 bits per heavy atom. The van der Waals surface area contributed by atoms with Crippen molar-refractivity contribution in [2.75, 3.05) is 13.2 Å². The number of allylic oxidation sites excluding steroid dienone is 1. The third-order valence-electron chi connectivity index (χ3n) is 10.6. The molecular weight excluding hydrogens is 658 g/mol. The summed E-state index contributed by atoms with van der Waals surface area (Å²) in [7, 11) is 0. The summed E-state index contributed by atoms with van der Waals surface area (Å²) in [4.78, 5) is 12.9. The molecule has 0 bridgehead atoms. The van der Waals surface area contributed by atoms with Gasteiger partial charge in [-0.2, -0.15) is 0 Å². The molecule has 0 saturated carbocycles. The Balaban J connectivity index is 2.36. The number of aliphatic hydroxyl groups is 5. The van der Waals surface area contributed by atoms with Gasteiger partial charge in [-0.1, -0.05) is 187 Å². The summed E-state index contributed by atoms with van der Waals surface area (Å²) >= 11 is 0. The van der Waals surface area contributed by atoms with Crippen LogP contribution in [0.1, 0.15) is 200 Å². The van der Waals surface area contributed by atoms with E-state index in [1.165, 1.54) is 141 Å². The number of unbranched alkanes of at least 4 members (excludes halogenated alkanes) is 26. The molecule has 0 aliphatic carbocycles. The van der Waals surface area contributed by atoms with Gasteiger partial charge >= 0.3 is 0 Å². The van der Waals surface area contributed by atoms with Crippen LogP contribution in [0.4, 0.5) is 0 Å². The first-order chi connectivity index (χ1) is 25.3. The summed E-state index contributed by atoms with van der Waals surface area (Å²) in [6.45, 7) is 3.77. The van der Waals surface area contributed by atoms with E-state index in [1.54, 1.807) is 6.08 Å². The summed E-state index contributed by atoms with van der Waals surface area (Å²) in [5.74, 6) is -0.175. The Morgan fingerprint density at radius 1 is 0.635 bits per heavy atom. The minimum atomic E-state index is -1.56. The Bertz CT molecular complexity index is 827. The minimum absolute atomic E-state index is 0.175. The lowest BCUT2D eigenvalue weighted by atomic mass is 9.99. The van der Waals surface area contributed by atoms with Gasteiger partial charge in [0.15, 0.2) is 6.29 Å². The molecule has 52 heavy (non-hydrogen) atoms. The monoisotopic (exact) mass is 742 g/mol. The van der Waals surface area contributed by atoms with Crippen molar-refractivity contribution in [3.05, 3.63) is 12.2 Å². The van der Waals surface area contributed by atoms with Gasteiger partial charge in [0.2, 0.25) is 5.91 Å². The third kappa shape index (κ3) is 25.1. The second-order valence-electron chi connectivity index (χ2n) is 15.5. The maximum absolute atomic E-state index is 12.9. The van der Waals surface area contributed by atoms with Crippen LogP contribution in [0.5, 0.6) is 0 Å². The zero-order chi connectivity index (χ0) is 38.1. The molecule has 6 N–H and O–H groups in total. The number of carbonyl (C=O) groups is 1. The Labute approximate surface area is 318 Å². The number of ether oxygens (including phenoxy) is 2. The van der Waals surface area contributed by atoms with Crippen LogP contribution in [0.2, 0.25) is 0 Å². The zero-order valence-electron chi connectivity index (χ0n) is 33.6. The largest absolute Gasteiger partial charge is 0.394 e. The van der Waals surface area contributed by atoms with E-state index >= 15 is 0 Å². The molecule has 0 aromatic heterocycles.